The Labute approximate surface area is 140 Å². The molecule has 1 aliphatic carbocycles. The smallest absolute Gasteiger partial charge is 0.255 e. The van der Waals surface area contributed by atoms with Gasteiger partial charge in [0.05, 0.1) is 11.0 Å². The minimum atomic E-state index is -0.384. The second-order valence-corrected chi connectivity index (χ2v) is 7.50. The van der Waals surface area contributed by atoms with Gasteiger partial charge in [0.2, 0.25) is 11.5 Å². The predicted molar refractivity (Wildman–Crippen MR) is 88.6 cm³/mol. The summed E-state index contributed by atoms with van der Waals surface area (Å²) < 4.78 is 0. The molecule has 6 nitrogen and oxygen atoms in total. The standard InChI is InChI=1S/C18H23N3O3/c22-15-5-4-14(10-19-15)16(23)21-9-7-18(12-21)6-1-8-20(17(18)24)11-13-2-3-13/h4-5,10,13H,1-3,6-9,11-12H2,(H,19,22)/t18-/m1/s1. The molecule has 1 aromatic heterocycles. The molecule has 6 heteroatoms. The van der Waals surface area contributed by atoms with Gasteiger partial charge in [0.25, 0.3) is 5.91 Å². The number of piperidine rings is 1. The van der Waals surface area contributed by atoms with Crippen LogP contribution in [-0.2, 0) is 4.79 Å². The van der Waals surface area contributed by atoms with Crippen molar-refractivity contribution in [2.45, 2.75) is 32.1 Å². The van der Waals surface area contributed by atoms with E-state index in [0.29, 0.717) is 24.6 Å². The van der Waals surface area contributed by atoms with Gasteiger partial charge in [-0.05, 0) is 44.1 Å². The molecule has 4 rings (SSSR count). The van der Waals surface area contributed by atoms with Crippen LogP contribution in [0.5, 0.6) is 0 Å². The van der Waals surface area contributed by atoms with E-state index in [0.717, 1.165) is 32.4 Å². The number of hydrogen-bond acceptors (Lipinski definition) is 3. The van der Waals surface area contributed by atoms with E-state index in [4.69, 9.17) is 0 Å². The highest BCUT2D eigenvalue weighted by molar-refractivity contribution is 5.95. The van der Waals surface area contributed by atoms with E-state index in [1.807, 2.05) is 4.90 Å². The zero-order chi connectivity index (χ0) is 16.7. The maximum atomic E-state index is 13.0. The van der Waals surface area contributed by atoms with Crippen LogP contribution >= 0.6 is 0 Å². The number of carbonyl (C=O) groups excluding carboxylic acids is 2. The van der Waals surface area contributed by atoms with E-state index in [2.05, 4.69) is 4.98 Å². The van der Waals surface area contributed by atoms with E-state index >= 15 is 0 Å². The second-order valence-electron chi connectivity index (χ2n) is 7.50. The summed E-state index contributed by atoms with van der Waals surface area (Å²) in [4.78, 5) is 43.1. The molecule has 1 spiro atoms. The maximum Gasteiger partial charge on any atom is 0.255 e. The fourth-order valence-electron chi connectivity index (χ4n) is 4.09. The number of nitrogens with one attached hydrogen (secondary N) is 1. The zero-order valence-corrected chi connectivity index (χ0v) is 13.8. The van der Waals surface area contributed by atoms with Gasteiger partial charge in [0.1, 0.15) is 0 Å². The van der Waals surface area contributed by atoms with Crippen LogP contribution in [0.3, 0.4) is 0 Å². The van der Waals surface area contributed by atoms with E-state index < -0.39 is 0 Å². The first-order chi connectivity index (χ1) is 11.6. The first kappa shape index (κ1) is 15.4. The van der Waals surface area contributed by atoms with Crippen molar-refractivity contribution in [2.75, 3.05) is 26.2 Å². The van der Waals surface area contributed by atoms with Crippen molar-refractivity contribution >= 4 is 11.8 Å². The summed E-state index contributed by atoms with van der Waals surface area (Å²) >= 11 is 0. The topological polar surface area (TPSA) is 73.5 Å². The lowest BCUT2D eigenvalue weighted by molar-refractivity contribution is -0.145. The number of aromatic amines is 1. The minimum Gasteiger partial charge on any atom is -0.342 e. The van der Waals surface area contributed by atoms with Gasteiger partial charge in [-0.1, -0.05) is 0 Å². The van der Waals surface area contributed by atoms with Crippen LogP contribution in [0.2, 0.25) is 0 Å². The number of rotatable bonds is 3. The molecule has 128 valence electrons. The summed E-state index contributed by atoms with van der Waals surface area (Å²) in [6.07, 6.45) is 6.60. The Morgan fingerprint density at radius 2 is 2.04 bits per heavy atom. The number of amides is 2. The van der Waals surface area contributed by atoms with Crippen molar-refractivity contribution in [2.24, 2.45) is 11.3 Å². The van der Waals surface area contributed by atoms with Crippen LogP contribution in [0.1, 0.15) is 42.5 Å². The zero-order valence-electron chi connectivity index (χ0n) is 13.8. The average Bonchev–Trinajstić information content (AvgIpc) is 3.30. The Balaban J connectivity index is 1.48. The SMILES string of the molecule is O=C(c1ccc(=O)[nH]c1)N1CC[C@]2(CCCN(CC3CC3)C2=O)C1. The molecule has 0 aromatic carbocycles. The number of aromatic nitrogens is 1. The molecule has 3 heterocycles. The molecule has 3 fully saturated rings. The van der Waals surface area contributed by atoms with E-state index in [1.54, 1.807) is 11.0 Å². The molecular weight excluding hydrogens is 306 g/mol. The highest BCUT2D eigenvalue weighted by Crippen LogP contribution is 2.42. The Hall–Kier alpha value is -2.11. The van der Waals surface area contributed by atoms with Gasteiger partial charge in [-0.2, -0.15) is 0 Å². The monoisotopic (exact) mass is 329 g/mol. The molecule has 3 aliphatic rings. The molecule has 1 saturated carbocycles. The van der Waals surface area contributed by atoms with Crippen LogP contribution in [0.25, 0.3) is 0 Å². The van der Waals surface area contributed by atoms with Gasteiger partial charge >= 0.3 is 0 Å². The Morgan fingerprint density at radius 3 is 2.75 bits per heavy atom. The molecule has 24 heavy (non-hydrogen) atoms. The van der Waals surface area contributed by atoms with Gasteiger partial charge in [-0.15, -0.1) is 0 Å². The van der Waals surface area contributed by atoms with Crippen LogP contribution in [0.4, 0.5) is 0 Å². The van der Waals surface area contributed by atoms with Gasteiger partial charge in [-0.3, -0.25) is 14.4 Å². The van der Waals surface area contributed by atoms with E-state index in [-0.39, 0.29) is 22.8 Å². The number of H-pyrrole nitrogens is 1. The molecule has 0 bridgehead atoms. The lowest BCUT2D eigenvalue weighted by Gasteiger charge is -2.39. The fraction of sp³-hybridized carbons (Fsp3) is 0.611. The Kier molecular flexibility index (Phi) is 3.70. The quantitative estimate of drug-likeness (QED) is 0.907. The lowest BCUT2D eigenvalue weighted by atomic mass is 9.78. The maximum absolute atomic E-state index is 13.0. The van der Waals surface area contributed by atoms with Crippen LogP contribution in [0, 0.1) is 11.3 Å². The predicted octanol–water partition coefficient (Wildman–Crippen LogP) is 1.24. The molecule has 0 radical (unpaired) electrons. The van der Waals surface area contributed by atoms with Crippen molar-refractivity contribution in [1.29, 1.82) is 0 Å². The molecular formula is C18H23N3O3. The van der Waals surface area contributed by atoms with E-state index in [1.165, 1.54) is 25.1 Å². The van der Waals surface area contributed by atoms with E-state index in [9.17, 15) is 14.4 Å². The van der Waals surface area contributed by atoms with Gasteiger partial charge in [0.15, 0.2) is 0 Å². The highest BCUT2D eigenvalue weighted by atomic mass is 16.2. The summed E-state index contributed by atoms with van der Waals surface area (Å²) in [6, 6.07) is 2.91. The molecule has 1 N–H and O–H groups in total. The summed E-state index contributed by atoms with van der Waals surface area (Å²) in [6.45, 7) is 2.88. The van der Waals surface area contributed by atoms with Crippen molar-refractivity contribution in [3.05, 3.63) is 34.2 Å². The normalized spacial score (nSPS) is 27.1. The summed E-state index contributed by atoms with van der Waals surface area (Å²) in [5.41, 5.74) is -0.127. The van der Waals surface area contributed by atoms with Gasteiger partial charge in [0, 0.05) is 38.4 Å². The number of hydrogen-bond donors (Lipinski definition) is 1. The molecule has 2 saturated heterocycles. The number of carbonyl (C=O) groups is 2. The Bertz CT molecular complexity index is 704. The highest BCUT2D eigenvalue weighted by Gasteiger charge is 2.49. The van der Waals surface area contributed by atoms with Crippen molar-refractivity contribution in [1.82, 2.24) is 14.8 Å². The Morgan fingerprint density at radius 1 is 1.21 bits per heavy atom. The number of nitrogens with zero attached hydrogens (tertiary/aromatic N) is 2. The molecule has 1 aromatic rings. The molecule has 1 atom stereocenters. The summed E-state index contributed by atoms with van der Waals surface area (Å²) in [5.74, 6) is 0.844. The minimum absolute atomic E-state index is 0.102. The molecule has 0 unspecified atom stereocenters. The van der Waals surface area contributed by atoms with Crippen molar-refractivity contribution < 1.29 is 9.59 Å². The molecule has 2 aliphatic heterocycles. The fourth-order valence-corrected chi connectivity index (χ4v) is 4.09. The third-order valence-corrected chi connectivity index (χ3v) is 5.67. The third kappa shape index (κ3) is 2.74. The summed E-state index contributed by atoms with van der Waals surface area (Å²) in [5, 5.41) is 0. The average molecular weight is 329 g/mol. The van der Waals surface area contributed by atoms with Crippen molar-refractivity contribution in [3.63, 3.8) is 0 Å². The van der Waals surface area contributed by atoms with Gasteiger partial charge in [-0.25, -0.2) is 0 Å². The molecule has 2 amide bonds. The van der Waals surface area contributed by atoms with Gasteiger partial charge < -0.3 is 14.8 Å². The first-order valence-electron chi connectivity index (χ1n) is 8.85. The number of likely N-dealkylation sites (tertiary alicyclic amines) is 2. The van der Waals surface area contributed by atoms with Crippen LogP contribution in [-0.4, -0.2) is 52.8 Å². The second kappa shape index (κ2) is 5.76. The summed E-state index contributed by atoms with van der Waals surface area (Å²) in [7, 11) is 0. The lowest BCUT2D eigenvalue weighted by Crippen LogP contribution is -2.50. The third-order valence-electron chi connectivity index (χ3n) is 5.67. The van der Waals surface area contributed by atoms with Crippen LogP contribution < -0.4 is 5.56 Å². The first-order valence-corrected chi connectivity index (χ1v) is 8.85. The number of pyridine rings is 1. The largest absolute Gasteiger partial charge is 0.342 e. The van der Waals surface area contributed by atoms with Crippen molar-refractivity contribution in [3.8, 4) is 0 Å². The van der Waals surface area contributed by atoms with Crippen LogP contribution in [0.15, 0.2) is 23.1 Å².